The number of hydrogen-bond donors (Lipinski definition) is 1. The number of amides is 1. The Hall–Kier alpha value is -1.08. The molecule has 0 unspecified atom stereocenters. The number of ether oxygens (including phenoxy) is 1. The lowest BCUT2D eigenvalue weighted by atomic mass is 9.63. The zero-order chi connectivity index (χ0) is 12.9. The highest BCUT2D eigenvalue weighted by Gasteiger charge is 2.48. The molecule has 0 heterocycles. The predicted molar refractivity (Wildman–Crippen MR) is 65.1 cm³/mol. The first kappa shape index (κ1) is 14.0. The Balaban J connectivity index is 2.19. The molecule has 1 aliphatic carbocycles. The van der Waals surface area contributed by atoms with Crippen LogP contribution in [-0.2, 0) is 9.53 Å². The second-order valence-corrected chi connectivity index (χ2v) is 5.43. The molecule has 1 fully saturated rings. The van der Waals surface area contributed by atoms with Gasteiger partial charge < -0.3 is 10.1 Å². The molecule has 1 rings (SSSR count). The first-order valence-corrected chi connectivity index (χ1v) is 6.27. The molecule has 0 radical (unpaired) electrons. The van der Waals surface area contributed by atoms with Gasteiger partial charge >= 0.3 is 0 Å². The van der Waals surface area contributed by atoms with Crippen molar-refractivity contribution < 1.29 is 9.53 Å². The maximum absolute atomic E-state index is 11.8. The highest BCUT2D eigenvalue weighted by molar-refractivity contribution is 5.86. The third-order valence-electron chi connectivity index (χ3n) is 3.03. The van der Waals surface area contributed by atoms with Gasteiger partial charge in [-0.1, -0.05) is 20.8 Å². The molecule has 0 atom stereocenters. The van der Waals surface area contributed by atoms with E-state index < -0.39 is 5.41 Å². The Morgan fingerprint density at radius 1 is 1.59 bits per heavy atom. The first-order valence-electron chi connectivity index (χ1n) is 6.27. The van der Waals surface area contributed by atoms with Crippen molar-refractivity contribution in [1.29, 1.82) is 5.26 Å². The van der Waals surface area contributed by atoms with Crippen molar-refractivity contribution in [2.75, 3.05) is 19.8 Å². The van der Waals surface area contributed by atoms with Crippen LogP contribution in [0.3, 0.4) is 0 Å². The van der Waals surface area contributed by atoms with Crippen LogP contribution in [-0.4, -0.2) is 25.7 Å². The summed E-state index contributed by atoms with van der Waals surface area (Å²) in [7, 11) is 0. The molecule has 4 heteroatoms. The average Bonchev–Trinajstić information content (AvgIpc) is 2.23. The van der Waals surface area contributed by atoms with E-state index in [-0.39, 0.29) is 5.91 Å². The lowest BCUT2D eigenvalue weighted by Crippen LogP contribution is -2.48. The minimum Gasteiger partial charge on any atom is -0.379 e. The Bertz CT molecular complexity index is 301. The second kappa shape index (κ2) is 6.02. The van der Waals surface area contributed by atoms with Crippen LogP contribution < -0.4 is 5.32 Å². The highest BCUT2D eigenvalue weighted by Crippen LogP contribution is 2.44. The van der Waals surface area contributed by atoms with Crippen LogP contribution in [0.25, 0.3) is 0 Å². The van der Waals surface area contributed by atoms with E-state index in [1.54, 1.807) is 0 Å². The number of hydrogen-bond acceptors (Lipinski definition) is 3. The van der Waals surface area contributed by atoms with Crippen molar-refractivity contribution in [3.63, 3.8) is 0 Å². The van der Waals surface area contributed by atoms with Gasteiger partial charge in [0, 0.05) is 13.2 Å². The third-order valence-corrected chi connectivity index (χ3v) is 3.03. The van der Waals surface area contributed by atoms with Crippen molar-refractivity contribution in [3.05, 3.63) is 0 Å². The zero-order valence-corrected chi connectivity index (χ0v) is 11.0. The second-order valence-electron chi connectivity index (χ2n) is 5.43. The van der Waals surface area contributed by atoms with Gasteiger partial charge in [0.1, 0.15) is 5.41 Å². The molecule has 0 aromatic rings. The van der Waals surface area contributed by atoms with E-state index in [9.17, 15) is 4.79 Å². The number of nitriles is 1. The summed E-state index contributed by atoms with van der Waals surface area (Å²) in [6.07, 6.45) is 1.37. The fourth-order valence-electron chi connectivity index (χ4n) is 2.18. The molecule has 0 aliphatic heterocycles. The summed E-state index contributed by atoms with van der Waals surface area (Å²) in [5.74, 6) is 0.854. The fraction of sp³-hybridized carbons (Fsp3) is 0.846. The summed E-state index contributed by atoms with van der Waals surface area (Å²) in [6.45, 7) is 7.94. The smallest absolute Gasteiger partial charge is 0.240 e. The van der Waals surface area contributed by atoms with E-state index in [4.69, 9.17) is 10.00 Å². The first-order chi connectivity index (χ1) is 8.00. The Morgan fingerprint density at radius 2 is 2.24 bits per heavy atom. The van der Waals surface area contributed by atoms with E-state index in [0.717, 1.165) is 0 Å². The molecule has 1 amide bonds. The number of nitrogens with one attached hydrogen (secondary N) is 1. The van der Waals surface area contributed by atoms with Gasteiger partial charge in [0.2, 0.25) is 5.91 Å². The molecule has 0 aromatic heterocycles. The van der Waals surface area contributed by atoms with Gasteiger partial charge in [-0.05, 0) is 24.7 Å². The van der Waals surface area contributed by atoms with Crippen molar-refractivity contribution in [2.45, 2.75) is 33.6 Å². The quantitative estimate of drug-likeness (QED) is 0.717. The minimum atomic E-state index is -0.766. The molecular formula is C13H22N2O2. The highest BCUT2D eigenvalue weighted by atomic mass is 16.5. The Kier molecular flexibility index (Phi) is 4.95. The molecule has 1 aliphatic rings. The molecule has 1 N–H and O–H groups in total. The average molecular weight is 238 g/mol. The number of rotatable bonds is 6. The summed E-state index contributed by atoms with van der Waals surface area (Å²) in [4.78, 5) is 11.8. The van der Waals surface area contributed by atoms with E-state index in [2.05, 4.69) is 32.2 Å². The van der Waals surface area contributed by atoms with Crippen molar-refractivity contribution in [3.8, 4) is 6.07 Å². The third kappa shape index (κ3) is 3.71. The Morgan fingerprint density at radius 3 is 2.71 bits per heavy atom. The molecule has 0 aromatic carbocycles. The van der Waals surface area contributed by atoms with Crippen LogP contribution >= 0.6 is 0 Å². The SMILES string of the molecule is CC(C)COCCNC(=O)C1(C#N)CC(C)C1. The predicted octanol–water partition coefficient (Wildman–Crippen LogP) is 1.72. The molecule has 0 bridgehead atoms. The van der Waals surface area contributed by atoms with Crippen molar-refractivity contribution in [2.24, 2.45) is 17.3 Å². The maximum atomic E-state index is 11.8. The molecule has 0 saturated heterocycles. The van der Waals surface area contributed by atoms with Crippen LogP contribution in [0.15, 0.2) is 0 Å². The van der Waals surface area contributed by atoms with Gasteiger partial charge in [0.25, 0.3) is 0 Å². The van der Waals surface area contributed by atoms with Gasteiger partial charge in [0.05, 0.1) is 12.7 Å². The van der Waals surface area contributed by atoms with E-state index in [0.29, 0.717) is 44.4 Å². The lowest BCUT2D eigenvalue weighted by Gasteiger charge is -2.39. The topological polar surface area (TPSA) is 62.1 Å². The lowest BCUT2D eigenvalue weighted by molar-refractivity contribution is -0.134. The zero-order valence-electron chi connectivity index (χ0n) is 11.0. The minimum absolute atomic E-state index is 0.133. The summed E-state index contributed by atoms with van der Waals surface area (Å²) < 4.78 is 5.37. The van der Waals surface area contributed by atoms with E-state index in [1.165, 1.54) is 0 Å². The molecule has 17 heavy (non-hydrogen) atoms. The fourth-order valence-corrected chi connectivity index (χ4v) is 2.18. The molecule has 1 saturated carbocycles. The van der Waals surface area contributed by atoms with Crippen LogP contribution in [0, 0.1) is 28.6 Å². The van der Waals surface area contributed by atoms with Crippen LogP contribution in [0.4, 0.5) is 0 Å². The summed E-state index contributed by atoms with van der Waals surface area (Å²) in [6, 6.07) is 2.15. The number of carbonyl (C=O) groups excluding carboxylic acids is 1. The van der Waals surface area contributed by atoms with Gasteiger partial charge in [-0.2, -0.15) is 5.26 Å². The molecule has 0 spiro atoms. The van der Waals surface area contributed by atoms with Gasteiger partial charge in [-0.3, -0.25) is 4.79 Å². The van der Waals surface area contributed by atoms with E-state index >= 15 is 0 Å². The van der Waals surface area contributed by atoms with Crippen LogP contribution in [0.1, 0.15) is 33.6 Å². The number of carbonyl (C=O) groups is 1. The summed E-state index contributed by atoms with van der Waals surface area (Å²) >= 11 is 0. The largest absolute Gasteiger partial charge is 0.379 e. The van der Waals surface area contributed by atoms with Gasteiger partial charge in [-0.15, -0.1) is 0 Å². The van der Waals surface area contributed by atoms with Crippen LogP contribution in [0.2, 0.25) is 0 Å². The monoisotopic (exact) mass is 238 g/mol. The van der Waals surface area contributed by atoms with Gasteiger partial charge in [-0.25, -0.2) is 0 Å². The standard InChI is InChI=1S/C13H22N2O2/c1-10(2)8-17-5-4-15-12(16)13(9-14)6-11(3)7-13/h10-11H,4-8H2,1-3H3,(H,15,16). The molecule has 96 valence electrons. The maximum Gasteiger partial charge on any atom is 0.240 e. The normalized spacial score (nSPS) is 27.4. The Labute approximate surface area is 103 Å². The van der Waals surface area contributed by atoms with Crippen molar-refractivity contribution in [1.82, 2.24) is 5.32 Å². The summed E-state index contributed by atoms with van der Waals surface area (Å²) in [5, 5.41) is 11.8. The van der Waals surface area contributed by atoms with E-state index in [1.807, 2.05) is 0 Å². The molecular weight excluding hydrogens is 216 g/mol. The van der Waals surface area contributed by atoms with Crippen LogP contribution in [0.5, 0.6) is 0 Å². The summed E-state index contributed by atoms with van der Waals surface area (Å²) in [5.41, 5.74) is -0.766. The van der Waals surface area contributed by atoms with Gasteiger partial charge in [0.15, 0.2) is 0 Å². The van der Waals surface area contributed by atoms with Crippen molar-refractivity contribution >= 4 is 5.91 Å². The number of nitrogens with zero attached hydrogens (tertiary/aromatic N) is 1. The molecule has 4 nitrogen and oxygen atoms in total.